The van der Waals surface area contributed by atoms with Gasteiger partial charge in [-0.15, -0.1) is 0 Å². The van der Waals surface area contributed by atoms with Crippen molar-refractivity contribution < 1.29 is 0 Å². The molecule has 0 spiro atoms. The molecule has 1 aromatic rings. The summed E-state index contributed by atoms with van der Waals surface area (Å²) in [5.41, 5.74) is 8.20. The number of hydrogen-bond donors (Lipinski definition) is 1. The van der Waals surface area contributed by atoms with E-state index in [4.69, 9.17) is 5.73 Å². The van der Waals surface area contributed by atoms with E-state index in [9.17, 15) is 0 Å². The van der Waals surface area contributed by atoms with E-state index in [1.165, 1.54) is 24.8 Å². The zero-order chi connectivity index (χ0) is 10.8. The monoisotopic (exact) mass is 203 g/mol. The molecule has 0 heterocycles. The Morgan fingerprint density at radius 1 is 1.13 bits per heavy atom. The lowest BCUT2D eigenvalue weighted by atomic mass is 9.70. The third-order valence-corrected chi connectivity index (χ3v) is 3.84. The van der Waals surface area contributed by atoms with E-state index in [1.54, 1.807) is 0 Å². The summed E-state index contributed by atoms with van der Waals surface area (Å²) in [6.45, 7) is 4.76. The Bertz CT molecular complexity index is 322. The average Bonchev–Trinajstić information content (AvgIpc) is 2.17. The highest BCUT2D eigenvalue weighted by molar-refractivity contribution is 5.42. The van der Waals surface area contributed by atoms with Gasteiger partial charge in [0.15, 0.2) is 0 Å². The SMILES string of the molecule is C[C@H]1CCC[C@H](C)C1c1cccc(N)c1. The van der Waals surface area contributed by atoms with Crippen molar-refractivity contribution in [2.75, 3.05) is 5.73 Å². The van der Waals surface area contributed by atoms with Crippen LogP contribution in [-0.2, 0) is 0 Å². The third kappa shape index (κ3) is 2.17. The van der Waals surface area contributed by atoms with Crippen LogP contribution in [-0.4, -0.2) is 0 Å². The molecule has 0 aliphatic heterocycles. The van der Waals surface area contributed by atoms with Gasteiger partial charge in [-0.05, 0) is 35.4 Å². The van der Waals surface area contributed by atoms with E-state index in [2.05, 4.69) is 32.0 Å². The predicted octanol–water partition coefficient (Wildman–Crippen LogP) is 3.81. The molecule has 15 heavy (non-hydrogen) atoms. The minimum Gasteiger partial charge on any atom is -0.399 e. The first kappa shape index (κ1) is 10.5. The van der Waals surface area contributed by atoms with Gasteiger partial charge in [0.05, 0.1) is 0 Å². The van der Waals surface area contributed by atoms with Crippen molar-refractivity contribution in [1.29, 1.82) is 0 Å². The molecule has 1 heteroatoms. The second kappa shape index (κ2) is 4.26. The maximum absolute atomic E-state index is 5.86. The van der Waals surface area contributed by atoms with Gasteiger partial charge >= 0.3 is 0 Å². The van der Waals surface area contributed by atoms with Gasteiger partial charge in [-0.3, -0.25) is 0 Å². The summed E-state index contributed by atoms with van der Waals surface area (Å²) >= 11 is 0. The average molecular weight is 203 g/mol. The lowest BCUT2D eigenvalue weighted by molar-refractivity contribution is 0.249. The van der Waals surface area contributed by atoms with Crippen LogP contribution in [0.5, 0.6) is 0 Å². The summed E-state index contributed by atoms with van der Waals surface area (Å²) < 4.78 is 0. The molecule has 2 rings (SSSR count). The van der Waals surface area contributed by atoms with Crippen molar-refractivity contribution in [1.82, 2.24) is 0 Å². The second-order valence-corrected chi connectivity index (χ2v) is 5.08. The van der Waals surface area contributed by atoms with Crippen molar-refractivity contribution in [3.05, 3.63) is 29.8 Å². The molecule has 0 radical (unpaired) electrons. The molecule has 1 aromatic carbocycles. The van der Waals surface area contributed by atoms with E-state index in [1.807, 2.05) is 6.07 Å². The normalized spacial score (nSPS) is 27.9. The van der Waals surface area contributed by atoms with Crippen LogP contribution < -0.4 is 5.73 Å². The molecule has 1 aliphatic rings. The van der Waals surface area contributed by atoms with E-state index < -0.39 is 0 Å². The van der Waals surface area contributed by atoms with Crippen LogP contribution >= 0.6 is 0 Å². The van der Waals surface area contributed by atoms with Crippen LogP contribution in [0.1, 0.15) is 44.6 Å². The predicted molar refractivity (Wildman–Crippen MR) is 65.8 cm³/mol. The van der Waals surface area contributed by atoms with Gasteiger partial charge in [0.25, 0.3) is 0 Å². The maximum Gasteiger partial charge on any atom is 0.0316 e. The lowest BCUT2D eigenvalue weighted by Crippen LogP contribution is -2.22. The second-order valence-electron chi connectivity index (χ2n) is 5.08. The van der Waals surface area contributed by atoms with Crippen molar-refractivity contribution in [3.8, 4) is 0 Å². The van der Waals surface area contributed by atoms with Crippen molar-refractivity contribution >= 4 is 5.69 Å². The van der Waals surface area contributed by atoms with Gasteiger partial charge in [-0.25, -0.2) is 0 Å². The Labute approximate surface area is 92.7 Å². The minimum atomic E-state index is 0.710. The summed E-state index contributed by atoms with van der Waals surface area (Å²) in [5, 5.41) is 0. The zero-order valence-corrected chi connectivity index (χ0v) is 9.74. The molecule has 2 atom stereocenters. The summed E-state index contributed by atoms with van der Waals surface area (Å²) in [7, 11) is 0. The highest BCUT2D eigenvalue weighted by atomic mass is 14.5. The molecule has 0 saturated heterocycles. The molecular weight excluding hydrogens is 182 g/mol. The molecular formula is C14H21N. The highest BCUT2D eigenvalue weighted by Crippen LogP contribution is 2.41. The van der Waals surface area contributed by atoms with E-state index >= 15 is 0 Å². The van der Waals surface area contributed by atoms with Gasteiger partial charge in [-0.1, -0.05) is 45.2 Å². The van der Waals surface area contributed by atoms with Gasteiger partial charge in [-0.2, -0.15) is 0 Å². The van der Waals surface area contributed by atoms with Crippen molar-refractivity contribution in [2.45, 2.75) is 39.0 Å². The first-order valence-corrected chi connectivity index (χ1v) is 6.04. The van der Waals surface area contributed by atoms with Gasteiger partial charge in [0.1, 0.15) is 0 Å². The van der Waals surface area contributed by atoms with Crippen LogP contribution in [0.4, 0.5) is 5.69 Å². The maximum atomic E-state index is 5.86. The molecule has 2 N–H and O–H groups in total. The van der Waals surface area contributed by atoms with Crippen LogP contribution in [0.25, 0.3) is 0 Å². The summed E-state index contributed by atoms with van der Waals surface area (Å²) in [5.74, 6) is 2.31. The third-order valence-electron chi connectivity index (χ3n) is 3.84. The van der Waals surface area contributed by atoms with E-state index in [-0.39, 0.29) is 0 Å². The zero-order valence-electron chi connectivity index (χ0n) is 9.74. The molecule has 1 aliphatic carbocycles. The number of benzene rings is 1. The molecule has 0 unspecified atom stereocenters. The fourth-order valence-electron chi connectivity index (χ4n) is 3.11. The van der Waals surface area contributed by atoms with Gasteiger partial charge in [0.2, 0.25) is 0 Å². The molecule has 0 amide bonds. The summed E-state index contributed by atoms with van der Waals surface area (Å²) in [6, 6.07) is 8.45. The Morgan fingerprint density at radius 3 is 2.40 bits per heavy atom. The van der Waals surface area contributed by atoms with Crippen LogP contribution in [0, 0.1) is 11.8 Å². The standard InChI is InChI=1S/C14H21N/c1-10-5-3-6-11(2)14(10)12-7-4-8-13(15)9-12/h4,7-11,14H,3,5-6,15H2,1-2H3/t10-,11-/m0/s1. The summed E-state index contributed by atoms with van der Waals surface area (Å²) in [6.07, 6.45) is 4.12. The quantitative estimate of drug-likeness (QED) is 0.690. The molecule has 1 saturated carbocycles. The van der Waals surface area contributed by atoms with Gasteiger partial charge in [0, 0.05) is 5.69 Å². The fourth-order valence-corrected chi connectivity index (χ4v) is 3.11. The Hall–Kier alpha value is -0.980. The Kier molecular flexibility index (Phi) is 2.99. The smallest absolute Gasteiger partial charge is 0.0316 e. The largest absolute Gasteiger partial charge is 0.399 e. The lowest BCUT2D eigenvalue weighted by Gasteiger charge is -2.35. The number of nitrogen functional groups attached to an aromatic ring is 1. The minimum absolute atomic E-state index is 0.710. The molecule has 1 nitrogen and oxygen atoms in total. The first-order chi connectivity index (χ1) is 7.18. The number of rotatable bonds is 1. The van der Waals surface area contributed by atoms with Gasteiger partial charge < -0.3 is 5.73 Å². The van der Waals surface area contributed by atoms with Crippen molar-refractivity contribution in [3.63, 3.8) is 0 Å². The number of nitrogens with two attached hydrogens (primary N) is 1. The van der Waals surface area contributed by atoms with Crippen LogP contribution in [0.15, 0.2) is 24.3 Å². The Morgan fingerprint density at radius 2 is 1.80 bits per heavy atom. The first-order valence-electron chi connectivity index (χ1n) is 6.04. The molecule has 0 aromatic heterocycles. The van der Waals surface area contributed by atoms with Crippen LogP contribution in [0.2, 0.25) is 0 Å². The highest BCUT2D eigenvalue weighted by Gasteiger charge is 2.28. The molecule has 82 valence electrons. The summed E-state index contributed by atoms with van der Waals surface area (Å²) in [4.78, 5) is 0. The number of hydrogen-bond acceptors (Lipinski definition) is 1. The molecule has 0 bridgehead atoms. The van der Waals surface area contributed by atoms with Crippen molar-refractivity contribution in [2.24, 2.45) is 11.8 Å². The topological polar surface area (TPSA) is 26.0 Å². The Balaban J connectivity index is 2.27. The van der Waals surface area contributed by atoms with E-state index in [0.717, 1.165) is 17.5 Å². The van der Waals surface area contributed by atoms with Crippen LogP contribution in [0.3, 0.4) is 0 Å². The molecule has 1 fully saturated rings. The number of anilines is 1. The fraction of sp³-hybridized carbons (Fsp3) is 0.571. The van der Waals surface area contributed by atoms with E-state index in [0.29, 0.717) is 5.92 Å².